The molecule has 3 heterocycles. The summed E-state index contributed by atoms with van der Waals surface area (Å²) in [5, 5.41) is 7.91. The van der Waals surface area contributed by atoms with Gasteiger partial charge in [-0.2, -0.15) is 5.10 Å². The van der Waals surface area contributed by atoms with Crippen molar-refractivity contribution in [1.82, 2.24) is 14.8 Å². The molecule has 12 heteroatoms. The van der Waals surface area contributed by atoms with Crippen molar-refractivity contribution >= 4 is 22.9 Å². The number of nitrogens with two attached hydrogens (primary N) is 1. The van der Waals surface area contributed by atoms with Crippen LogP contribution in [0.4, 0.5) is 23.2 Å². The van der Waals surface area contributed by atoms with E-state index in [4.69, 9.17) is 10.5 Å². The topological polar surface area (TPSA) is 95.1 Å². The van der Waals surface area contributed by atoms with Gasteiger partial charge in [0.2, 0.25) is 0 Å². The molecule has 1 aliphatic heterocycles. The number of amides is 1. The van der Waals surface area contributed by atoms with Gasteiger partial charge < -0.3 is 15.8 Å². The molecule has 3 aromatic rings. The van der Waals surface area contributed by atoms with Crippen molar-refractivity contribution in [3.63, 3.8) is 0 Å². The molecule has 3 N–H and O–H groups in total. The summed E-state index contributed by atoms with van der Waals surface area (Å²) in [6, 6.07) is 0.827. The Bertz CT molecular complexity index is 1140. The van der Waals surface area contributed by atoms with E-state index in [0.29, 0.717) is 30.3 Å². The van der Waals surface area contributed by atoms with E-state index in [-0.39, 0.29) is 17.3 Å². The second-order valence-corrected chi connectivity index (χ2v) is 8.21. The van der Waals surface area contributed by atoms with E-state index in [1.165, 1.54) is 16.3 Å². The van der Waals surface area contributed by atoms with E-state index in [0.717, 1.165) is 17.4 Å². The van der Waals surface area contributed by atoms with Crippen LogP contribution in [0.2, 0.25) is 0 Å². The Labute approximate surface area is 184 Å². The minimum Gasteiger partial charge on any atom is -0.369 e. The summed E-state index contributed by atoms with van der Waals surface area (Å²) in [5.74, 6) is -4.25. The van der Waals surface area contributed by atoms with E-state index in [2.05, 4.69) is 15.4 Å². The number of thiazole rings is 1. The lowest BCUT2D eigenvalue weighted by molar-refractivity contribution is 0.0247. The van der Waals surface area contributed by atoms with Gasteiger partial charge in [-0.05, 0) is 25.0 Å². The average Bonchev–Trinajstić information content (AvgIpc) is 3.34. The summed E-state index contributed by atoms with van der Waals surface area (Å²) in [5.41, 5.74) is 5.87. The van der Waals surface area contributed by atoms with Gasteiger partial charge in [0.05, 0.1) is 29.7 Å². The second-order valence-electron chi connectivity index (χ2n) is 7.36. The first-order chi connectivity index (χ1) is 15.3. The van der Waals surface area contributed by atoms with Crippen LogP contribution in [0.5, 0.6) is 0 Å². The Kier molecular flexibility index (Phi) is 6.26. The molecule has 1 saturated heterocycles. The summed E-state index contributed by atoms with van der Waals surface area (Å²) in [6.45, 7) is -0.176. The number of ether oxygens (including phenoxy) is 1. The molecule has 7 nitrogen and oxygen atoms in total. The molecular formula is C20H19F4N5O2S. The maximum atomic E-state index is 14.0. The van der Waals surface area contributed by atoms with Gasteiger partial charge in [-0.1, -0.05) is 0 Å². The number of hydrogen-bond donors (Lipinski definition) is 2. The van der Waals surface area contributed by atoms with Crippen molar-refractivity contribution in [3.05, 3.63) is 52.5 Å². The molecule has 1 aromatic carbocycles. The highest BCUT2D eigenvalue weighted by Crippen LogP contribution is 2.33. The Balaban J connectivity index is 1.56. The summed E-state index contributed by atoms with van der Waals surface area (Å²) in [4.78, 5) is 16.7. The summed E-state index contributed by atoms with van der Waals surface area (Å²) in [6.07, 6.45) is 0.413. The molecule has 4 rings (SSSR count). The van der Waals surface area contributed by atoms with Crippen LogP contribution in [0.25, 0.3) is 10.6 Å². The number of nitrogens with zero attached hydrogens (tertiary/aromatic N) is 3. The highest BCUT2D eigenvalue weighted by atomic mass is 32.1. The number of carbonyl (C=O) groups excluding carboxylic acids is 1. The van der Waals surface area contributed by atoms with Crippen molar-refractivity contribution in [2.24, 2.45) is 12.8 Å². The number of anilines is 1. The van der Waals surface area contributed by atoms with Crippen molar-refractivity contribution in [3.8, 4) is 10.6 Å². The zero-order valence-corrected chi connectivity index (χ0v) is 17.6. The van der Waals surface area contributed by atoms with Crippen LogP contribution >= 0.6 is 11.3 Å². The first-order valence-electron chi connectivity index (χ1n) is 9.70. The van der Waals surface area contributed by atoms with Crippen molar-refractivity contribution in [1.29, 1.82) is 0 Å². The Morgan fingerprint density at radius 1 is 1.28 bits per heavy atom. The minimum atomic E-state index is -1.38. The van der Waals surface area contributed by atoms with E-state index in [1.807, 2.05) is 0 Å². The van der Waals surface area contributed by atoms with E-state index in [9.17, 15) is 22.4 Å². The molecule has 0 aliphatic carbocycles. The fraction of sp³-hybridized carbons (Fsp3) is 0.350. The molecule has 1 fully saturated rings. The molecule has 1 amide bonds. The largest absolute Gasteiger partial charge is 0.369 e. The first kappa shape index (κ1) is 22.4. The molecule has 1 aliphatic rings. The van der Waals surface area contributed by atoms with Crippen LogP contribution in [0, 0.1) is 17.5 Å². The van der Waals surface area contributed by atoms with Crippen LogP contribution in [0.1, 0.15) is 35.1 Å². The molecule has 3 atom stereocenters. The van der Waals surface area contributed by atoms with Gasteiger partial charge in [0, 0.05) is 18.5 Å². The predicted octanol–water partition coefficient (Wildman–Crippen LogP) is 3.73. The number of halogens is 4. The number of carbonyl (C=O) groups is 1. The Morgan fingerprint density at radius 3 is 2.81 bits per heavy atom. The van der Waals surface area contributed by atoms with Gasteiger partial charge in [0.15, 0.2) is 11.6 Å². The van der Waals surface area contributed by atoms with Crippen LogP contribution in [0.3, 0.4) is 0 Å². The van der Waals surface area contributed by atoms with Crippen molar-refractivity contribution < 1.29 is 27.1 Å². The molecule has 32 heavy (non-hydrogen) atoms. The molecular weight excluding hydrogens is 450 g/mol. The monoisotopic (exact) mass is 469 g/mol. The maximum absolute atomic E-state index is 14.0. The normalized spacial score (nSPS) is 21.4. The molecule has 0 saturated carbocycles. The van der Waals surface area contributed by atoms with Gasteiger partial charge >= 0.3 is 0 Å². The number of aromatic nitrogens is 3. The van der Waals surface area contributed by atoms with Crippen LogP contribution in [0.15, 0.2) is 23.7 Å². The SMILES string of the molecule is Cn1ncc(NC(=O)c2csc(-c3c(F)ccc(F)c3F)n2)c1[C@@H]1CC[C@@H](N)[C@@H](F)CO1. The third-order valence-corrected chi connectivity index (χ3v) is 6.08. The molecule has 0 spiro atoms. The van der Waals surface area contributed by atoms with Crippen molar-refractivity contribution in [2.75, 3.05) is 11.9 Å². The van der Waals surface area contributed by atoms with E-state index in [1.54, 1.807) is 7.05 Å². The standard InChI is InChI=1S/C20H19F4N5O2S/c1-29-18(15-5-4-12(25)11(23)7-31-15)13(6-26-29)27-19(30)14-8-32-20(28-14)16-9(21)2-3-10(22)17(16)24/h2-3,6,8,11-12,15H,4-5,7,25H2,1H3,(H,27,30)/t11-,12+,15-/m0/s1. The zero-order chi connectivity index (χ0) is 23.0. The highest BCUT2D eigenvalue weighted by molar-refractivity contribution is 7.13. The van der Waals surface area contributed by atoms with Crippen LogP contribution in [-0.4, -0.2) is 39.5 Å². The molecule has 2 aromatic heterocycles. The smallest absolute Gasteiger partial charge is 0.275 e. The zero-order valence-electron chi connectivity index (χ0n) is 16.8. The quantitative estimate of drug-likeness (QED) is 0.449. The number of hydrogen-bond acceptors (Lipinski definition) is 6. The fourth-order valence-electron chi connectivity index (χ4n) is 3.48. The van der Waals surface area contributed by atoms with Gasteiger partial charge in [-0.3, -0.25) is 9.48 Å². The third-order valence-electron chi connectivity index (χ3n) is 5.22. The predicted molar refractivity (Wildman–Crippen MR) is 109 cm³/mol. The second kappa shape index (κ2) is 8.96. The van der Waals surface area contributed by atoms with Crippen LogP contribution < -0.4 is 11.1 Å². The van der Waals surface area contributed by atoms with Gasteiger partial charge in [-0.25, -0.2) is 22.5 Å². The number of aryl methyl sites for hydroxylation is 1. The summed E-state index contributed by atoms with van der Waals surface area (Å²) < 4.78 is 62.6. The molecule has 0 bridgehead atoms. The third kappa shape index (κ3) is 4.25. The number of benzene rings is 1. The van der Waals surface area contributed by atoms with Crippen LogP contribution in [-0.2, 0) is 11.8 Å². The number of alkyl halides is 1. The summed E-state index contributed by atoms with van der Waals surface area (Å²) in [7, 11) is 1.66. The van der Waals surface area contributed by atoms with E-state index < -0.39 is 47.2 Å². The Hall–Kier alpha value is -2.83. The fourth-order valence-corrected chi connectivity index (χ4v) is 4.32. The average molecular weight is 469 g/mol. The molecule has 0 radical (unpaired) electrons. The van der Waals surface area contributed by atoms with Gasteiger partial charge in [-0.15, -0.1) is 11.3 Å². The Morgan fingerprint density at radius 2 is 2.03 bits per heavy atom. The van der Waals surface area contributed by atoms with Gasteiger partial charge in [0.1, 0.15) is 28.8 Å². The number of rotatable bonds is 4. The summed E-state index contributed by atoms with van der Waals surface area (Å²) >= 11 is 0.800. The van der Waals surface area contributed by atoms with E-state index >= 15 is 0 Å². The lowest BCUT2D eigenvalue weighted by Gasteiger charge is -2.17. The highest BCUT2D eigenvalue weighted by Gasteiger charge is 2.30. The molecule has 0 unspecified atom stereocenters. The first-order valence-corrected chi connectivity index (χ1v) is 10.6. The maximum Gasteiger partial charge on any atom is 0.275 e. The van der Waals surface area contributed by atoms with Gasteiger partial charge in [0.25, 0.3) is 5.91 Å². The minimum absolute atomic E-state index is 0.115. The lowest BCUT2D eigenvalue weighted by atomic mass is 10.0. The lowest BCUT2D eigenvalue weighted by Crippen LogP contribution is -2.32. The van der Waals surface area contributed by atoms with Crippen molar-refractivity contribution in [2.45, 2.75) is 31.2 Å². The number of nitrogens with one attached hydrogen (secondary N) is 1. The molecule has 170 valence electrons.